The molecule has 0 atom stereocenters. The summed E-state index contributed by atoms with van der Waals surface area (Å²) in [5.74, 6) is -0.0812. The van der Waals surface area contributed by atoms with Crippen molar-refractivity contribution in [2.75, 3.05) is 26.7 Å². The van der Waals surface area contributed by atoms with Crippen molar-refractivity contribution in [1.82, 2.24) is 9.80 Å². The van der Waals surface area contributed by atoms with Gasteiger partial charge in [-0.2, -0.15) is 0 Å². The van der Waals surface area contributed by atoms with Gasteiger partial charge in [0, 0.05) is 29.6 Å². The number of aromatic hydroxyl groups is 1. The molecule has 19 heavy (non-hydrogen) atoms. The van der Waals surface area contributed by atoms with Gasteiger partial charge in [0.1, 0.15) is 5.75 Å². The first-order valence-corrected chi connectivity index (χ1v) is 7.09. The summed E-state index contributed by atoms with van der Waals surface area (Å²) in [6.45, 7) is 6.43. The maximum Gasteiger partial charge on any atom is 0.257 e. The normalized spacial score (nSPS) is 19.5. The second-order valence-corrected chi connectivity index (χ2v) is 6.54. The van der Waals surface area contributed by atoms with Crippen molar-refractivity contribution >= 4 is 21.8 Å². The highest BCUT2D eigenvalue weighted by atomic mass is 79.9. The number of phenolic OH excluding ortho intramolecular Hbond substituents is 1. The van der Waals surface area contributed by atoms with Gasteiger partial charge in [-0.15, -0.1) is 0 Å². The first kappa shape index (κ1) is 14.3. The molecule has 1 heterocycles. The number of carbonyl (C=O) groups is 1. The lowest BCUT2D eigenvalue weighted by molar-refractivity contribution is 0.0309. The third-order valence-corrected chi connectivity index (χ3v) is 4.29. The Balaban J connectivity index is 2.21. The predicted molar refractivity (Wildman–Crippen MR) is 78.4 cm³/mol. The Kier molecular flexibility index (Phi) is 3.87. The monoisotopic (exact) mass is 326 g/mol. The van der Waals surface area contributed by atoms with Crippen LogP contribution in [0.5, 0.6) is 5.75 Å². The fourth-order valence-electron chi connectivity index (χ4n) is 2.27. The minimum atomic E-state index is -0.105. The van der Waals surface area contributed by atoms with E-state index in [1.807, 2.05) is 4.90 Å². The molecule has 5 heteroatoms. The van der Waals surface area contributed by atoms with Crippen LogP contribution in [0.15, 0.2) is 22.7 Å². The van der Waals surface area contributed by atoms with E-state index >= 15 is 0 Å². The summed E-state index contributed by atoms with van der Waals surface area (Å²) in [4.78, 5) is 16.5. The van der Waals surface area contributed by atoms with Crippen molar-refractivity contribution in [2.24, 2.45) is 0 Å². The van der Waals surface area contributed by atoms with E-state index in [0.717, 1.165) is 11.0 Å². The molecule has 2 rings (SSSR count). The second-order valence-electron chi connectivity index (χ2n) is 5.62. The Morgan fingerprint density at radius 1 is 1.37 bits per heavy atom. The summed E-state index contributed by atoms with van der Waals surface area (Å²) in [5.41, 5.74) is 0.322. The number of halogens is 1. The van der Waals surface area contributed by atoms with Crippen LogP contribution in [0.25, 0.3) is 0 Å². The van der Waals surface area contributed by atoms with Gasteiger partial charge in [-0.1, -0.05) is 15.9 Å². The van der Waals surface area contributed by atoms with Crippen LogP contribution in [-0.2, 0) is 0 Å². The Labute approximate surface area is 122 Å². The van der Waals surface area contributed by atoms with Gasteiger partial charge in [0.15, 0.2) is 0 Å². The van der Waals surface area contributed by atoms with E-state index in [0.29, 0.717) is 18.7 Å². The second kappa shape index (κ2) is 5.13. The summed E-state index contributed by atoms with van der Waals surface area (Å²) >= 11 is 3.28. The van der Waals surface area contributed by atoms with Crippen LogP contribution >= 0.6 is 15.9 Å². The summed E-state index contributed by atoms with van der Waals surface area (Å²) in [5, 5.41) is 9.89. The van der Waals surface area contributed by atoms with Crippen molar-refractivity contribution < 1.29 is 9.90 Å². The van der Waals surface area contributed by atoms with Crippen LogP contribution in [0, 0.1) is 0 Å². The fraction of sp³-hybridized carbons (Fsp3) is 0.500. The van der Waals surface area contributed by atoms with E-state index in [1.165, 1.54) is 0 Å². The van der Waals surface area contributed by atoms with Crippen molar-refractivity contribution in [3.05, 3.63) is 28.2 Å². The van der Waals surface area contributed by atoms with Crippen molar-refractivity contribution in [3.8, 4) is 5.75 Å². The molecule has 0 aromatic heterocycles. The Hall–Kier alpha value is -1.07. The molecule has 1 saturated heterocycles. The Morgan fingerprint density at radius 2 is 2.05 bits per heavy atom. The van der Waals surface area contributed by atoms with Crippen LogP contribution in [0.1, 0.15) is 24.2 Å². The first-order valence-electron chi connectivity index (χ1n) is 6.30. The number of hydrogen-bond donors (Lipinski definition) is 1. The van der Waals surface area contributed by atoms with Crippen molar-refractivity contribution in [3.63, 3.8) is 0 Å². The lowest BCUT2D eigenvalue weighted by Gasteiger charge is -2.45. The molecule has 0 spiro atoms. The summed E-state index contributed by atoms with van der Waals surface area (Å²) in [6.07, 6.45) is 0. The molecule has 1 aromatic carbocycles. The molecular weight excluding hydrogens is 308 g/mol. The molecular formula is C14H19BrN2O2. The smallest absolute Gasteiger partial charge is 0.257 e. The molecule has 1 N–H and O–H groups in total. The van der Waals surface area contributed by atoms with Crippen LogP contribution in [0.3, 0.4) is 0 Å². The van der Waals surface area contributed by atoms with E-state index in [4.69, 9.17) is 0 Å². The van der Waals surface area contributed by atoms with E-state index in [2.05, 4.69) is 41.7 Å². The third kappa shape index (κ3) is 2.92. The molecule has 0 saturated carbocycles. The number of piperazine rings is 1. The van der Waals surface area contributed by atoms with E-state index in [9.17, 15) is 9.90 Å². The zero-order valence-corrected chi connectivity index (χ0v) is 13.1. The topological polar surface area (TPSA) is 43.8 Å². The van der Waals surface area contributed by atoms with E-state index in [1.54, 1.807) is 18.2 Å². The highest BCUT2D eigenvalue weighted by molar-refractivity contribution is 9.10. The predicted octanol–water partition coefficient (Wildman–Crippen LogP) is 2.32. The van der Waals surface area contributed by atoms with Crippen molar-refractivity contribution in [1.29, 1.82) is 0 Å². The van der Waals surface area contributed by atoms with E-state index < -0.39 is 0 Å². The van der Waals surface area contributed by atoms with Crippen LogP contribution < -0.4 is 0 Å². The van der Waals surface area contributed by atoms with E-state index in [-0.39, 0.29) is 17.2 Å². The lowest BCUT2D eigenvalue weighted by atomic mass is 9.99. The number of amides is 1. The van der Waals surface area contributed by atoms with Gasteiger partial charge in [0.2, 0.25) is 0 Å². The summed E-state index contributed by atoms with van der Waals surface area (Å²) in [7, 11) is 2.07. The number of likely N-dealkylation sites (N-methyl/N-ethyl adjacent to an activating group) is 1. The standard InChI is InChI=1S/C14H19BrN2O2/c1-14(2)9-17(7-6-16(14)3)13(19)11-5-4-10(15)8-12(11)18/h4-5,8,18H,6-7,9H2,1-3H3. The number of benzene rings is 1. The largest absolute Gasteiger partial charge is 0.507 e. The van der Waals surface area contributed by atoms with Crippen LogP contribution in [-0.4, -0.2) is 53.0 Å². The Morgan fingerprint density at radius 3 is 2.63 bits per heavy atom. The quantitative estimate of drug-likeness (QED) is 0.861. The average molecular weight is 327 g/mol. The van der Waals surface area contributed by atoms with Gasteiger partial charge in [-0.25, -0.2) is 0 Å². The molecule has 1 fully saturated rings. The van der Waals surface area contributed by atoms with Crippen LogP contribution in [0.4, 0.5) is 0 Å². The molecule has 4 nitrogen and oxygen atoms in total. The molecule has 0 unspecified atom stereocenters. The van der Waals surface area contributed by atoms with Gasteiger partial charge in [-0.3, -0.25) is 9.69 Å². The maximum atomic E-state index is 12.5. The molecule has 1 aromatic rings. The maximum absolute atomic E-state index is 12.5. The van der Waals surface area contributed by atoms with Crippen molar-refractivity contribution in [2.45, 2.75) is 19.4 Å². The van der Waals surface area contributed by atoms with Gasteiger partial charge in [0.25, 0.3) is 5.91 Å². The molecule has 1 aliphatic rings. The van der Waals surface area contributed by atoms with Gasteiger partial charge < -0.3 is 10.0 Å². The zero-order valence-electron chi connectivity index (χ0n) is 11.5. The molecule has 104 valence electrons. The van der Waals surface area contributed by atoms with Gasteiger partial charge in [0.05, 0.1) is 5.56 Å². The number of carbonyl (C=O) groups excluding carboxylic acids is 1. The third-order valence-electron chi connectivity index (χ3n) is 3.79. The molecule has 0 bridgehead atoms. The SMILES string of the molecule is CN1CCN(C(=O)c2ccc(Br)cc2O)CC1(C)C. The average Bonchev–Trinajstić information content (AvgIpc) is 2.32. The zero-order chi connectivity index (χ0) is 14.2. The molecule has 1 aliphatic heterocycles. The summed E-state index contributed by atoms with van der Waals surface area (Å²) < 4.78 is 0.764. The fourth-order valence-corrected chi connectivity index (χ4v) is 2.62. The molecule has 0 aliphatic carbocycles. The minimum Gasteiger partial charge on any atom is -0.507 e. The lowest BCUT2D eigenvalue weighted by Crippen LogP contribution is -2.58. The highest BCUT2D eigenvalue weighted by Crippen LogP contribution is 2.26. The van der Waals surface area contributed by atoms with Gasteiger partial charge in [-0.05, 0) is 39.1 Å². The van der Waals surface area contributed by atoms with Crippen LogP contribution in [0.2, 0.25) is 0 Å². The first-order chi connectivity index (χ1) is 8.81. The Bertz CT molecular complexity index is 502. The number of nitrogens with zero attached hydrogens (tertiary/aromatic N) is 2. The van der Waals surface area contributed by atoms with Gasteiger partial charge >= 0.3 is 0 Å². The number of phenols is 1. The summed E-state index contributed by atoms with van der Waals surface area (Å²) in [6, 6.07) is 4.98. The highest BCUT2D eigenvalue weighted by Gasteiger charge is 2.34. The number of hydrogen-bond acceptors (Lipinski definition) is 3. The molecule has 0 radical (unpaired) electrons. The number of rotatable bonds is 1. The molecule has 1 amide bonds. The minimum absolute atomic E-state index is 0.0242.